The molecule has 0 radical (unpaired) electrons. The fourth-order valence-corrected chi connectivity index (χ4v) is 3.32. The number of carbonyl (C=O) groups is 2. The average Bonchev–Trinajstić information content (AvgIpc) is 2.80. The molecule has 1 aromatic carbocycles. The van der Waals surface area contributed by atoms with Gasteiger partial charge in [-0.15, -0.1) is 0 Å². The van der Waals surface area contributed by atoms with Crippen molar-refractivity contribution in [2.45, 2.75) is 32.7 Å². The maximum absolute atomic E-state index is 12.5. The Morgan fingerprint density at radius 3 is 2.63 bits per heavy atom. The van der Waals surface area contributed by atoms with Crippen molar-refractivity contribution in [3.8, 4) is 11.6 Å². The summed E-state index contributed by atoms with van der Waals surface area (Å²) in [5.74, 6) is 1.15. The van der Waals surface area contributed by atoms with E-state index in [0.717, 1.165) is 12.0 Å². The Balaban J connectivity index is 1.39. The third-order valence-electron chi connectivity index (χ3n) is 5.04. The van der Waals surface area contributed by atoms with Gasteiger partial charge in [0.05, 0.1) is 6.61 Å². The van der Waals surface area contributed by atoms with Crippen LogP contribution in [0.5, 0.6) is 11.6 Å². The SMILES string of the molecule is CCCOc1cc(CNC(=O)C2CCN(C(=O)COc3ccccc3)CC2)ccn1. The highest BCUT2D eigenvalue weighted by molar-refractivity contribution is 5.80. The van der Waals surface area contributed by atoms with Gasteiger partial charge in [-0.05, 0) is 43.0 Å². The van der Waals surface area contributed by atoms with Crippen LogP contribution in [0.15, 0.2) is 48.7 Å². The van der Waals surface area contributed by atoms with Gasteiger partial charge in [0.15, 0.2) is 6.61 Å². The van der Waals surface area contributed by atoms with Crippen molar-refractivity contribution >= 4 is 11.8 Å². The molecule has 0 atom stereocenters. The zero-order valence-electron chi connectivity index (χ0n) is 17.4. The van der Waals surface area contributed by atoms with E-state index in [1.807, 2.05) is 49.4 Å². The number of likely N-dealkylation sites (tertiary alicyclic amines) is 1. The molecule has 1 aliphatic heterocycles. The highest BCUT2D eigenvalue weighted by Crippen LogP contribution is 2.18. The topological polar surface area (TPSA) is 80.8 Å². The summed E-state index contributed by atoms with van der Waals surface area (Å²) in [5, 5.41) is 2.99. The Bertz CT molecular complexity index is 820. The molecule has 0 saturated carbocycles. The van der Waals surface area contributed by atoms with Crippen molar-refractivity contribution in [1.29, 1.82) is 0 Å². The number of nitrogens with zero attached hydrogens (tertiary/aromatic N) is 2. The fraction of sp³-hybridized carbons (Fsp3) is 0.435. The van der Waals surface area contributed by atoms with Gasteiger partial charge in [0.2, 0.25) is 11.8 Å². The molecule has 1 fully saturated rings. The molecule has 3 rings (SSSR count). The Morgan fingerprint density at radius 1 is 1.13 bits per heavy atom. The predicted molar refractivity (Wildman–Crippen MR) is 113 cm³/mol. The van der Waals surface area contributed by atoms with E-state index in [1.54, 1.807) is 11.1 Å². The summed E-state index contributed by atoms with van der Waals surface area (Å²) < 4.78 is 11.1. The van der Waals surface area contributed by atoms with E-state index >= 15 is 0 Å². The number of ether oxygens (including phenoxy) is 2. The van der Waals surface area contributed by atoms with Gasteiger partial charge < -0.3 is 19.7 Å². The normalized spacial score (nSPS) is 14.2. The van der Waals surface area contributed by atoms with E-state index in [1.165, 1.54) is 0 Å². The van der Waals surface area contributed by atoms with Gasteiger partial charge in [0.1, 0.15) is 5.75 Å². The number of rotatable bonds is 9. The molecule has 1 aliphatic rings. The number of nitrogens with one attached hydrogen (secondary N) is 1. The van der Waals surface area contributed by atoms with E-state index in [4.69, 9.17) is 9.47 Å². The molecule has 30 heavy (non-hydrogen) atoms. The Morgan fingerprint density at radius 2 is 1.90 bits per heavy atom. The summed E-state index contributed by atoms with van der Waals surface area (Å²) in [6, 6.07) is 13.0. The minimum absolute atomic E-state index is 0.0192. The van der Waals surface area contributed by atoms with Gasteiger partial charge in [0.25, 0.3) is 5.91 Å². The molecule has 2 heterocycles. The minimum atomic E-state index is -0.0817. The zero-order valence-corrected chi connectivity index (χ0v) is 17.4. The van der Waals surface area contributed by atoms with Crippen LogP contribution in [-0.4, -0.2) is 48.0 Å². The molecule has 0 aliphatic carbocycles. The van der Waals surface area contributed by atoms with Crippen molar-refractivity contribution < 1.29 is 19.1 Å². The molecule has 0 unspecified atom stereocenters. The lowest BCUT2D eigenvalue weighted by Gasteiger charge is -2.31. The molecular formula is C23H29N3O4. The first-order chi connectivity index (χ1) is 14.7. The number of amides is 2. The van der Waals surface area contributed by atoms with Crippen molar-refractivity contribution in [2.24, 2.45) is 5.92 Å². The lowest BCUT2D eigenvalue weighted by atomic mass is 9.96. The number of carbonyl (C=O) groups excluding carboxylic acids is 2. The Labute approximate surface area is 177 Å². The van der Waals surface area contributed by atoms with Gasteiger partial charge >= 0.3 is 0 Å². The second kappa shape index (κ2) is 11.2. The largest absolute Gasteiger partial charge is 0.484 e. The molecule has 1 saturated heterocycles. The maximum Gasteiger partial charge on any atom is 0.260 e. The van der Waals surface area contributed by atoms with Gasteiger partial charge in [-0.2, -0.15) is 0 Å². The summed E-state index contributed by atoms with van der Waals surface area (Å²) in [5.41, 5.74) is 0.954. The smallest absolute Gasteiger partial charge is 0.260 e. The summed E-state index contributed by atoms with van der Waals surface area (Å²) in [6.07, 6.45) is 3.92. The van der Waals surface area contributed by atoms with Crippen LogP contribution in [0.25, 0.3) is 0 Å². The summed E-state index contributed by atoms with van der Waals surface area (Å²) in [6.45, 7) is 4.26. The Kier molecular flexibility index (Phi) is 8.06. The molecule has 160 valence electrons. The molecule has 2 aromatic rings. The van der Waals surface area contributed by atoms with E-state index in [-0.39, 0.29) is 24.3 Å². The number of benzene rings is 1. The quantitative estimate of drug-likeness (QED) is 0.686. The van der Waals surface area contributed by atoms with Gasteiger partial charge in [-0.1, -0.05) is 25.1 Å². The molecule has 0 spiro atoms. The van der Waals surface area contributed by atoms with Crippen molar-refractivity contribution in [3.05, 3.63) is 54.2 Å². The van der Waals surface area contributed by atoms with E-state index in [2.05, 4.69) is 10.3 Å². The number of para-hydroxylation sites is 1. The van der Waals surface area contributed by atoms with Crippen molar-refractivity contribution in [2.75, 3.05) is 26.3 Å². The first-order valence-corrected chi connectivity index (χ1v) is 10.5. The molecule has 7 heteroatoms. The Hall–Kier alpha value is -3.09. The van der Waals surface area contributed by atoms with Gasteiger partial charge in [-0.25, -0.2) is 4.98 Å². The number of hydrogen-bond donors (Lipinski definition) is 1. The van der Waals surface area contributed by atoms with E-state index < -0.39 is 0 Å². The second-order valence-corrected chi connectivity index (χ2v) is 7.33. The maximum atomic E-state index is 12.5. The van der Waals surface area contributed by atoms with Crippen LogP contribution >= 0.6 is 0 Å². The third-order valence-corrected chi connectivity index (χ3v) is 5.04. The highest BCUT2D eigenvalue weighted by atomic mass is 16.5. The first-order valence-electron chi connectivity index (χ1n) is 10.5. The lowest BCUT2D eigenvalue weighted by Crippen LogP contribution is -2.44. The predicted octanol–water partition coefficient (Wildman–Crippen LogP) is 2.80. The van der Waals surface area contributed by atoms with Crippen LogP contribution in [0, 0.1) is 5.92 Å². The number of piperidine rings is 1. The third kappa shape index (κ3) is 6.47. The van der Waals surface area contributed by atoms with E-state index in [0.29, 0.717) is 50.7 Å². The molecule has 2 amide bonds. The van der Waals surface area contributed by atoms with Crippen molar-refractivity contribution in [1.82, 2.24) is 15.2 Å². The minimum Gasteiger partial charge on any atom is -0.484 e. The fourth-order valence-electron chi connectivity index (χ4n) is 3.32. The first kappa shape index (κ1) is 21.6. The molecule has 7 nitrogen and oxygen atoms in total. The molecule has 1 N–H and O–H groups in total. The van der Waals surface area contributed by atoms with Gasteiger partial charge in [0, 0.05) is 37.8 Å². The summed E-state index contributed by atoms with van der Waals surface area (Å²) in [4.78, 5) is 30.8. The molecule has 1 aromatic heterocycles. The van der Waals surface area contributed by atoms with Crippen LogP contribution in [-0.2, 0) is 16.1 Å². The summed E-state index contributed by atoms with van der Waals surface area (Å²) >= 11 is 0. The molecular weight excluding hydrogens is 382 g/mol. The number of hydrogen-bond acceptors (Lipinski definition) is 5. The molecule has 0 bridgehead atoms. The number of aromatic nitrogens is 1. The van der Waals surface area contributed by atoms with E-state index in [9.17, 15) is 9.59 Å². The van der Waals surface area contributed by atoms with Crippen LogP contribution in [0.4, 0.5) is 0 Å². The monoisotopic (exact) mass is 411 g/mol. The summed E-state index contributed by atoms with van der Waals surface area (Å²) in [7, 11) is 0. The number of pyridine rings is 1. The van der Waals surface area contributed by atoms with Crippen LogP contribution in [0.2, 0.25) is 0 Å². The average molecular weight is 412 g/mol. The van der Waals surface area contributed by atoms with Crippen LogP contribution in [0.3, 0.4) is 0 Å². The van der Waals surface area contributed by atoms with Crippen LogP contribution in [0.1, 0.15) is 31.7 Å². The standard InChI is InChI=1S/C23H29N3O4/c1-2-14-29-21-15-18(8-11-24-21)16-25-23(28)19-9-12-26(13-10-19)22(27)17-30-20-6-4-3-5-7-20/h3-8,11,15,19H,2,9-10,12-14,16-17H2,1H3,(H,25,28). The zero-order chi connectivity index (χ0) is 21.2. The second-order valence-electron chi connectivity index (χ2n) is 7.33. The van der Waals surface area contributed by atoms with Crippen LogP contribution < -0.4 is 14.8 Å². The van der Waals surface area contributed by atoms with Gasteiger partial charge in [-0.3, -0.25) is 9.59 Å². The van der Waals surface area contributed by atoms with Crippen molar-refractivity contribution in [3.63, 3.8) is 0 Å². The highest BCUT2D eigenvalue weighted by Gasteiger charge is 2.27. The lowest BCUT2D eigenvalue weighted by molar-refractivity contribution is -0.137.